The van der Waals surface area contributed by atoms with Crippen LogP contribution in [0.5, 0.6) is 0 Å². The molecular weight excluding hydrogens is 292 g/mol. The number of benzene rings is 1. The number of aliphatic hydroxyl groups is 2. The minimum absolute atomic E-state index is 0.242. The normalized spacial score (nSPS) is 20.1. The highest BCUT2D eigenvalue weighted by atomic mass is 32.2. The molecule has 0 saturated carbocycles. The monoisotopic (exact) mass is 314 g/mol. The van der Waals surface area contributed by atoms with Crippen molar-refractivity contribution in [3.05, 3.63) is 29.8 Å². The third-order valence-corrected chi connectivity index (χ3v) is 5.16. The summed E-state index contributed by atoms with van der Waals surface area (Å²) in [5.41, 5.74) is 2.01. The third-order valence-electron chi connectivity index (χ3n) is 3.55. The van der Waals surface area contributed by atoms with Gasteiger partial charge in [0.1, 0.15) is 0 Å². The van der Waals surface area contributed by atoms with Gasteiger partial charge in [-0.2, -0.15) is 0 Å². The first-order chi connectivity index (χ1) is 9.98. The molecule has 2 rings (SSSR count). The topological polar surface area (TPSA) is 89.9 Å². The fraction of sp³-hybridized carbons (Fsp3) is 0.571. The Labute approximate surface area is 125 Å². The van der Waals surface area contributed by atoms with Crippen molar-refractivity contribution in [2.45, 2.75) is 12.6 Å². The van der Waals surface area contributed by atoms with Crippen LogP contribution < -0.4 is 5.32 Å². The first-order valence-corrected chi connectivity index (χ1v) is 8.85. The van der Waals surface area contributed by atoms with Gasteiger partial charge in [-0.15, -0.1) is 0 Å². The predicted molar refractivity (Wildman–Crippen MR) is 82.0 cm³/mol. The molecule has 1 saturated heterocycles. The van der Waals surface area contributed by atoms with Gasteiger partial charge in [-0.05, 0) is 17.7 Å². The fourth-order valence-corrected chi connectivity index (χ4v) is 3.47. The zero-order valence-electron chi connectivity index (χ0n) is 11.9. The van der Waals surface area contributed by atoms with Crippen molar-refractivity contribution in [2.24, 2.45) is 0 Å². The van der Waals surface area contributed by atoms with Gasteiger partial charge >= 0.3 is 0 Å². The second-order valence-corrected chi connectivity index (χ2v) is 7.65. The molecule has 1 aromatic rings. The summed E-state index contributed by atoms with van der Waals surface area (Å²) in [4.78, 5) is 2.14. The molecule has 0 aromatic heterocycles. The maximum atomic E-state index is 11.4. The Kier molecular flexibility index (Phi) is 5.58. The van der Waals surface area contributed by atoms with Gasteiger partial charge in [0.25, 0.3) is 0 Å². The maximum Gasteiger partial charge on any atom is 0.152 e. The van der Waals surface area contributed by atoms with Gasteiger partial charge in [-0.25, -0.2) is 8.42 Å². The summed E-state index contributed by atoms with van der Waals surface area (Å²) >= 11 is 0. The highest BCUT2D eigenvalue weighted by Gasteiger charge is 2.21. The molecule has 21 heavy (non-hydrogen) atoms. The lowest BCUT2D eigenvalue weighted by Gasteiger charge is -2.26. The number of hydrogen-bond donors (Lipinski definition) is 3. The van der Waals surface area contributed by atoms with Crippen LogP contribution in [0.1, 0.15) is 5.56 Å². The smallest absolute Gasteiger partial charge is 0.152 e. The van der Waals surface area contributed by atoms with E-state index in [0.29, 0.717) is 19.6 Å². The van der Waals surface area contributed by atoms with E-state index in [0.717, 1.165) is 17.8 Å². The molecule has 118 valence electrons. The van der Waals surface area contributed by atoms with E-state index < -0.39 is 15.9 Å². The van der Waals surface area contributed by atoms with Crippen molar-refractivity contribution >= 4 is 15.5 Å². The van der Waals surface area contributed by atoms with Crippen molar-refractivity contribution < 1.29 is 18.6 Å². The molecule has 1 unspecified atom stereocenters. The average molecular weight is 314 g/mol. The molecule has 1 aliphatic heterocycles. The summed E-state index contributed by atoms with van der Waals surface area (Å²) in [5, 5.41) is 21.0. The number of nitrogens with zero attached hydrogens (tertiary/aromatic N) is 1. The van der Waals surface area contributed by atoms with Gasteiger partial charge in [0.2, 0.25) is 0 Å². The van der Waals surface area contributed by atoms with E-state index in [-0.39, 0.29) is 18.1 Å². The Morgan fingerprint density at radius 2 is 1.81 bits per heavy atom. The Bertz CT molecular complexity index is 531. The second-order valence-electron chi connectivity index (χ2n) is 5.34. The molecule has 0 spiro atoms. The van der Waals surface area contributed by atoms with E-state index in [9.17, 15) is 13.5 Å². The van der Waals surface area contributed by atoms with E-state index in [1.165, 1.54) is 0 Å². The van der Waals surface area contributed by atoms with Crippen LogP contribution >= 0.6 is 0 Å². The van der Waals surface area contributed by atoms with Crippen molar-refractivity contribution in [3.63, 3.8) is 0 Å². The Hall–Kier alpha value is -1.15. The Morgan fingerprint density at radius 3 is 2.38 bits per heavy atom. The molecular formula is C14H22N2O4S. The average Bonchev–Trinajstić information content (AvgIpc) is 2.48. The first-order valence-electron chi connectivity index (χ1n) is 7.03. The third kappa shape index (κ3) is 5.28. The fourth-order valence-electron chi connectivity index (χ4n) is 2.19. The molecule has 7 heteroatoms. The molecule has 0 amide bonds. The predicted octanol–water partition coefficient (Wildman–Crippen LogP) is -0.318. The summed E-state index contributed by atoms with van der Waals surface area (Å²) < 4.78 is 22.7. The van der Waals surface area contributed by atoms with Gasteiger partial charge in [0, 0.05) is 31.9 Å². The van der Waals surface area contributed by atoms with Crippen LogP contribution in [0.25, 0.3) is 0 Å². The van der Waals surface area contributed by atoms with Gasteiger partial charge in [-0.1, -0.05) is 12.1 Å². The lowest BCUT2D eigenvalue weighted by atomic mass is 10.2. The van der Waals surface area contributed by atoms with Crippen LogP contribution in [-0.2, 0) is 16.4 Å². The highest BCUT2D eigenvalue weighted by Crippen LogP contribution is 2.13. The van der Waals surface area contributed by atoms with Crippen LogP contribution in [0.3, 0.4) is 0 Å². The zero-order chi connectivity index (χ0) is 15.3. The van der Waals surface area contributed by atoms with Gasteiger partial charge in [0.15, 0.2) is 9.84 Å². The molecule has 0 bridgehead atoms. The quantitative estimate of drug-likeness (QED) is 0.667. The minimum Gasteiger partial charge on any atom is -0.394 e. The van der Waals surface area contributed by atoms with Crippen molar-refractivity contribution in [1.29, 1.82) is 0 Å². The maximum absolute atomic E-state index is 11.4. The summed E-state index contributed by atoms with van der Waals surface area (Å²) in [7, 11) is -2.83. The molecule has 1 aromatic carbocycles. The van der Waals surface area contributed by atoms with Gasteiger partial charge in [-0.3, -0.25) is 4.90 Å². The van der Waals surface area contributed by atoms with Crippen molar-refractivity contribution in [3.8, 4) is 0 Å². The number of anilines is 1. The Balaban J connectivity index is 1.82. The standard InChI is InChI=1S/C14H22N2O4S/c17-11-14(18)9-15-13-3-1-12(2-4-13)10-16-5-7-21(19,20)8-6-16/h1-4,14-15,17-18H,5-11H2. The largest absolute Gasteiger partial charge is 0.394 e. The minimum atomic E-state index is -2.83. The van der Waals surface area contributed by atoms with Crippen LogP contribution in [0.2, 0.25) is 0 Å². The summed E-state index contributed by atoms with van der Waals surface area (Å²) in [6, 6.07) is 7.80. The van der Waals surface area contributed by atoms with E-state index in [1.54, 1.807) is 0 Å². The molecule has 3 N–H and O–H groups in total. The van der Waals surface area contributed by atoms with Crippen LogP contribution in [-0.4, -0.2) is 67.4 Å². The lowest BCUT2D eigenvalue weighted by Crippen LogP contribution is -2.39. The first kappa shape index (κ1) is 16.2. The van der Waals surface area contributed by atoms with E-state index in [4.69, 9.17) is 5.11 Å². The summed E-state index contributed by atoms with van der Waals surface area (Å²) in [6.07, 6.45) is -0.764. The van der Waals surface area contributed by atoms with Crippen LogP contribution in [0.4, 0.5) is 5.69 Å². The van der Waals surface area contributed by atoms with E-state index in [2.05, 4.69) is 10.2 Å². The van der Waals surface area contributed by atoms with Gasteiger partial charge < -0.3 is 15.5 Å². The number of rotatable bonds is 6. The number of hydrogen-bond acceptors (Lipinski definition) is 6. The summed E-state index contributed by atoms with van der Waals surface area (Å²) in [6.45, 7) is 1.97. The van der Waals surface area contributed by atoms with Gasteiger partial charge in [0.05, 0.1) is 24.2 Å². The molecule has 6 nitrogen and oxygen atoms in total. The van der Waals surface area contributed by atoms with E-state index >= 15 is 0 Å². The summed E-state index contributed by atoms with van der Waals surface area (Å²) in [5.74, 6) is 0.484. The lowest BCUT2D eigenvalue weighted by molar-refractivity contribution is 0.105. The van der Waals surface area contributed by atoms with Crippen molar-refractivity contribution in [1.82, 2.24) is 4.90 Å². The molecule has 1 fully saturated rings. The molecule has 1 heterocycles. The zero-order valence-corrected chi connectivity index (χ0v) is 12.7. The Morgan fingerprint density at radius 1 is 1.19 bits per heavy atom. The molecule has 1 atom stereocenters. The molecule has 0 radical (unpaired) electrons. The number of aliphatic hydroxyl groups excluding tert-OH is 2. The SMILES string of the molecule is O=S1(=O)CCN(Cc2ccc(NCC(O)CO)cc2)CC1. The number of nitrogens with one attached hydrogen (secondary N) is 1. The van der Waals surface area contributed by atoms with Crippen LogP contribution in [0, 0.1) is 0 Å². The van der Waals surface area contributed by atoms with E-state index in [1.807, 2.05) is 24.3 Å². The number of sulfone groups is 1. The molecule has 0 aliphatic carbocycles. The molecule has 1 aliphatic rings. The van der Waals surface area contributed by atoms with Crippen LogP contribution in [0.15, 0.2) is 24.3 Å². The highest BCUT2D eigenvalue weighted by molar-refractivity contribution is 7.91. The second kappa shape index (κ2) is 7.22. The van der Waals surface area contributed by atoms with Crippen molar-refractivity contribution in [2.75, 3.05) is 43.1 Å².